The molecule has 0 radical (unpaired) electrons. The number of allylic oxidation sites excluding steroid dienone is 1. The summed E-state index contributed by atoms with van der Waals surface area (Å²) in [5, 5.41) is 3.28. The van der Waals surface area contributed by atoms with E-state index in [1.165, 1.54) is 5.57 Å². The molecule has 3 rings (SSSR count). The van der Waals surface area contributed by atoms with Crippen molar-refractivity contribution in [1.29, 1.82) is 0 Å². The predicted octanol–water partition coefficient (Wildman–Crippen LogP) is 3.68. The lowest BCUT2D eigenvalue weighted by Gasteiger charge is -2.35. The molecule has 0 amide bonds. The van der Waals surface area contributed by atoms with Crippen LogP contribution in [0.4, 0.5) is 5.69 Å². The molecule has 1 aliphatic rings. The Balaban J connectivity index is 1.76. The third-order valence-corrected chi connectivity index (χ3v) is 4.58. The van der Waals surface area contributed by atoms with E-state index >= 15 is 0 Å². The number of anilines is 1. The van der Waals surface area contributed by atoms with Gasteiger partial charge < -0.3 is 15.8 Å². The molecule has 0 bridgehead atoms. The zero-order chi connectivity index (χ0) is 17.6. The molecular formula is C21H24N2O2. The summed E-state index contributed by atoms with van der Waals surface area (Å²) in [6.07, 6.45) is 1.51. The van der Waals surface area contributed by atoms with Gasteiger partial charge in [0.1, 0.15) is 6.10 Å². The second-order valence-corrected chi connectivity index (χ2v) is 6.48. The zero-order valence-electron chi connectivity index (χ0n) is 14.2. The van der Waals surface area contributed by atoms with Crippen molar-refractivity contribution < 1.29 is 9.53 Å². The standard InChI is InChI=1S/C21H24N2O2/c1-15-12-17(13-15)19(14-22)25-21(24)20(16-8-4-2-5-9-16)23-18-10-6-3-7-11-18/h2-11,17,19-20,23H,1,12-14,22H2/t19-,20?/m0/s1. The van der Waals surface area contributed by atoms with E-state index in [4.69, 9.17) is 10.5 Å². The Morgan fingerprint density at radius 3 is 2.28 bits per heavy atom. The molecule has 25 heavy (non-hydrogen) atoms. The van der Waals surface area contributed by atoms with Gasteiger partial charge in [-0.3, -0.25) is 0 Å². The smallest absolute Gasteiger partial charge is 0.333 e. The second-order valence-electron chi connectivity index (χ2n) is 6.48. The van der Waals surface area contributed by atoms with Crippen molar-refractivity contribution >= 4 is 11.7 Å². The number of ether oxygens (including phenoxy) is 1. The highest BCUT2D eigenvalue weighted by Gasteiger charge is 2.33. The molecule has 4 nitrogen and oxygen atoms in total. The lowest BCUT2D eigenvalue weighted by molar-refractivity contribution is -0.153. The number of esters is 1. The van der Waals surface area contributed by atoms with E-state index in [1.54, 1.807) is 0 Å². The first-order valence-electron chi connectivity index (χ1n) is 8.61. The van der Waals surface area contributed by atoms with Gasteiger partial charge in [-0.1, -0.05) is 60.7 Å². The SMILES string of the molecule is C=C1CC([C@H](CN)OC(=O)C(Nc2ccccc2)c2ccccc2)C1. The van der Waals surface area contributed by atoms with E-state index in [1.807, 2.05) is 60.7 Å². The highest BCUT2D eigenvalue weighted by Crippen LogP contribution is 2.35. The maximum Gasteiger partial charge on any atom is 0.333 e. The molecule has 130 valence electrons. The monoisotopic (exact) mass is 336 g/mol. The van der Waals surface area contributed by atoms with Crippen LogP contribution in [0.5, 0.6) is 0 Å². The fourth-order valence-corrected chi connectivity index (χ4v) is 3.12. The van der Waals surface area contributed by atoms with Crippen LogP contribution in [0.2, 0.25) is 0 Å². The molecule has 0 aliphatic heterocycles. The first-order valence-corrected chi connectivity index (χ1v) is 8.61. The minimum absolute atomic E-state index is 0.262. The number of carbonyl (C=O) groups excluding carboxylic acids is 1. The Morgan fingerprint density at radius 1 is 1.12 bits per heavy atom. The second kappa shape index (κ2) is 7.99. The van der Waals surface area contributed by atoms with E-state index in [2.05, 4.69) is 11.9 Å². The normalized spacial score (nSPS) is 16.6. The van der Waals surface area contributed by atoms with Crippen LogP contribution in [-0.4, -0.2) is 18.6 Å². The molecule has 1 fully saturated rings. The maximum absolute atomic E-state index is 12.9. The molecule has 2 aromatic rings. The molecule has 4 heteroatoms. The average Bonchev–Trinajstić information content (AvgIpc) is 2.63. The molecule has 1 unspecified atom stereocenters. The maximum atomic E-state index is 12.9. The topological polar surface area (TPSA) is 64.3 Å². The molecule has 2 atom stereocenters. The fraction of sp³-hybridized carbons (Fsp3) is 0.286. The van der Waals surface area contributed by atoms with Gasteiger partial charge in [-0.2, -0.15) is 0 Å². The van der Waals surface area contributed by atoms with Crippen molar-refractivity contribution in [2.45, 2.75) is 25.0 Å². The van der Waals surface area contributed by atoms with Crippen molar-refractivity contribution in [3.63, 3.8) is 0 Å². The summed E-state index contributed by atoms with van der Waals surface area (Å²) in [5.41, 5.74) is 8.77. The van der Waals surface area contributed by atoms with Gasteiger partial charge in [0.25, 0.3) is 0 Å². The van der Waals surface area contributed by atoms with E-state index in [9.17, 15) is 4.79 Å². The van der Waals surface area contributed by atoms with Crippen LogP contribution in [-0.2, 0) is 9.53 Å². The number of benzene rings is 2. The van der Waals surface area contributed by atoms with Gasteiger partial charge in [0, 0.05) is 18.2 Å². The summed E-state index contributed by atoms with van der Waals surface area (Å²) in [4.78, 5) is 12.9. The summed E-state index contributed by atoms with van der Waals surface area (Å²) in [6, 6.07) is 18.7. The first-order chi connectivity index (χ1) is 12.2. The Morgan fingerprint density at radius 2 is 1.72 bits per heavy atom. The van der Waals surface area contributed by atoms with Crippen LogP contribution >= 0.6 is 0 Å². The van der Waals surface area contributed by atoms with E-state index in [0.717, 1.165) is 24.1 Å². The molecule has 0 saturated heterocycles. The van der Waals surface area contributed by atoms with Crippen molar-refractivity contribution in [3.05, 3.63) is 78.4 Å². The van der Waals surface area contributed by atoms with Crippen molar-refractivity contribution in [2.75, 3.05) is 11.9 Å². The van der Waals surface area contributed by atoms with Crippen LogP contribution in [0, 0.1) is 5.92 Å². The Hall–Kier alpha value is -2.59. The van der Waals surface area contributed by atoms with E-state index in [0.29, 0.717) is 6.54 Å². The van der Waals surface area contributed by atoms with Crippen LogP contribution in [0.25, 0.3) is 0 Å². The van der Waals surface area contributed by atoms with Crippen LogP contribution in [0.15, 0.2) is 72.8 Å². The number of rotatable bonds is 7. The molecule has 0 heterocycles. The van der Waals surface area contributed by atoms with E-state index in [-0.39, 0.29) is 18.0 Å². The summed E-state index contributed by atoms with van der Waals surface area (Å²) in [5.74, 6) is -0.0161. The number of para-hydroxylation sites is 1. The van der Waals surface area contributed by atoms with Crippen LogP contribution < -0.4 is 11.1 Å². The summed E-state index contributed by atoms with van der Waals surface area (Å²) >= 11 is 0. The van der Waals surface area contributed by atoms with Gasteiger partial charge in [-0.25, -0.2) is 4.79 Å². The van der Waals surface area contributed by atoms with Gasteiger partial charge >= 0.3 is 5.97 Å². The number of hydrogen-bond acceptors (Lipinski definition) is 4. The van der Waals surface area contributed by atoms with Gasteiger partial charge in [0.05, 0.1) is 0 Å². The summed E-state index contributed by atoms with van der Waals surface area (Å²) in [7, 11) is 0. The summed E-state index contributed by atoms with van der Waals surface area (Å²) in [6.45, 7) is 4.28. The number of nitrogens with one attached hydrogen (secondary N) is 1. The highest BCUT2D eigenvalue weighted by molar-refractivity contribution is 5.81. The minimum Gasteiger partial charge on any atom is -0.459 e. The zero-order valence-corrected chi connectivity index (χ0v) is 14.2. The van der Waals surface area contributed by atoms with Crippen molar-refractivity contribution in [3.8, 4) is 0 Å². The first kappa shape index (κ1) is 17.2. The van der Waals surface area contributed by atoms with Crippen LogP contribution in [0.1, 0.15) is 24.4 Å². The molecule has 0 aromatic heterocycles. The Kier molecular flexibility index (Phi) is 5.51. The van der Waals surface area contributed by atoms with Gasteiger partial charge in [0.15, 0.2) is 6.04 Å². The number of nitrogens with two attached hydrogens (primary N) is 1. The largest absolute Gasteiger partial charge is 0.459 e. The Bertz CT molecular complexity index is 707. The average molecular weight is 336 g/mol. The third-order valence-electron chi connectivity index (χ3n) is 4.58. The third kappa shape index (κ3) is 4.28. The number of carbonyl (C=O) groups is 1. The lowest BCUT2D eigenvalue weighted by Crippen LogP contribution is -2.40. The fourth-order valence-electron chi connectivity index (χ4n) is 3.12. The lowest BCUT2D eigenvalue weighted by atomic mass is 9.77. The van der Waals surface area contributed by atoms with Crippen LogP contribution in [0.3, 0.4) is 0 Å². The predicted molar refractivity (Wildman–Crippen MR) is 100 cm³/mol. The Labute approximate surface area is 148 Å². The molecule has 1 aliphatic carbocycles. The van der Waals surface area contributed by atoms with Gasteiger partial charge in [-0.15, -0.1) is 0 Å². The number of hydrogen-bond donors (Lipinski definition) is 2. The molecule has 2 aromatic carbocycles. The highest BCUT2D eigenvalue weighted by atomic mass is 16.5. The van der Waals surface area contributed by atoms with Gasteiger partial charge in [0.2, 0.25) is 0 Å². The van der Waals surface area contributed by atoms with E-state index < -0.39 is 6.04 Å². The molecular weight excluding hydrogens is 312 g/mol. The molecule has 3 N–H and O–H groups in total. The molecule has 0 spiro atoms. The summed E-state index contributed by atoms with van der Waals surface area (Å²) < 4.78 is 5.77. The van der Waals surface area contributed by atoms with Crippen molar-refractivity contribution in [1.82, 2.24) is 0 Å². The van der Waals surface area contributed by atoms with Gasteiger partial charge in [-0.05, 0) is 30.5 Å². The molecule has 1 saturated carbocycles. The quantitative estimate of drug-likeness (QED) is 0.598. The minimum atomic E-state index is -0.569. The van der Waals surface area contributed by atoms with Crippen molar-refractivity contribution in [2.24, 2.45) is 11.7 Å².